The maximum absolute atomic E-state index is 11.4. The monoisotopic (exact) mass is 490 g/mol. The number of nitrogens with zero attached hydrogens (tertiary/aromatic N) is 3. The predicted octanol–water partition coefficient (Wildman–Crippen LogP) is 2.21. The van der Waals surface area contributed by atoms with Crippen LogP contribution >= 0.6 is 24.0 Å². The number of aliphatic imine (C=N–C) groups is 1. The summed E-state index contributed by atoms with van der Waals surface area (Å²) in [6.45, 7) is 8.93. The smallest absolute Gasteiger partial charge is 0.219 e. The van der Waals surface area contributed by atoms with Crippen molar-refractivity contribution in [3.05, 3.63) is 24.3 Å². The van der Waals surface area contributed by atoms with E-state index in [1.807, 2.05) is 29.2 Å². The van der Waals surface area contributed by atoms with E-state index in [0.717, 1.165) is 56.6 Å². The summed E-state index contributed by atoms with van der Waals surface area (Å²) in [5.41, 5.74) is 0. The highest BCUT2D eigenvalue weighted by Crippen LogP contribution is 2.18. The van der Waals surface area contributed by atoms with Gasteiger partial charge in [-0.05, 0) is 19.1 Å². The number of hydrogen-bond acceptors (Lipinski definition) is 4. The molecule has 0 aromatic heterocycles. The van der Waals surface area contributed by atoms with Gasteiger partial charge in [-0.25, -0.2) is 0 Å². The van der Waals surface area contributed by atoms with Crippen molar-refractivity contribution < 1.29 is 14.3 Å². The van der Waals surface area contributed by atoms with Crippen molar-refractivity contribution in [2.45, 2.75) is 20.3 Å². The van der Waals surface area contributed by atoms with Gasteiger partial charge in [0.25, 0.3) is 0 Å². The lowest BCUT2D eigenvalue weighted by Gasteiger charge is -2.36. The first-order valence-electron chi connectivity index (χ1n) is 9.19. The van der Waals surface area contributed by atoms with Gasteiger partial charge < -0.3 is 24.6 Å². The average Bonchev–Trinajstić information content (AvgIpc) is 2.67. The van der Waals surface area contributed by atoms with Gasteiger partial charge in [-0.2, -0.15) is 0 Å². The molecule has 1 aliphatic rings. The van der Waals surface area contributed by atoms with Gasteiger partial charge in [-0.3, -0.25) is 9.79 Å². The summed E-state index contributed by atoms with van der Waals surface area (Å²) in [6.07, 6.45) is 0.833. The molecule has 1 heterocycles. The second kappa shape index (κ2) is 12.6. The molecule has 152 valence electrons. The van der Waals surface area contributed by atoms with E-state index < -0.39 is 0 Å². The first-order valence-corrected chi connectivity index (χ1v) is 9.19. The minimum atomic E-state index is 0. The van der Waals surface area contributed by atoms with E-state index in [-0.39, 0.29) is 29.9 Å². The van der Waals surface area contributed by atoms with Gasteiger partial charge in [0, 0.05) is 58.7 Å². The van der Waals surface area contributed by atoms with E-state index in [2.05, 4.69) is 17.1 Å². The third-order valence-electron chi connectivity index (χ3n) is 4.23. The summed E-state index contributed by atoms with van der Waals surface area (Å²) < 4.78 is 10.9. The summed E-state index contributed by atoms with van der Waals surface area (Å²) in [5, 5.41) is 3.34. The van der Waals surface area contributed by atoms with Crippen LogP contribution in [0.4, 0.5) is 0 Å². The fourth-order valence-electron chi connectivity index (χ4n) is 2.79. The second-order valence-electron chi connectivity index (χ2n) is 6.11. The van der Waals surface area contributed by atoms with Crippen LogP contribution in [-0.2, 0) is 4.79 Å². The molecule has 0 spiro atoms. The van der Waals surface area contributed by atoms with Gasteiger partial charge in [-0.15, -0.1) is 24.0 Å². The van der Waals surface area contributed by atoms with Gasteiger partial charge in [0.05, 0.1) is 13.7 Å². The first kappa shape index (κ1) is 23.3. The molecule has 2 rings (SSSR count). The molecule has 7 nitrogen and oxygen atoms in total. The van der Waals surface area contributed by atoms with Gasteiger partial charge in [-0.1, -0.05) is 6.07 Å². The number of carbonyl (C=O) groups excluding carboxylic acids is 1. The zero-order chi connectivity index (χ0) is 18.8. The van der Waals surface area contributed by atoms with E-state index in [1.165, 1.54) is 0 Å². The number of nitrogens with one attached hydrogen (secondary N) is 1. The Hall–Kier alpha value is -1.71. The molecule has 0 bridgehead atoms. The first-order chi connectivity index (χ1) is 12.6. The third kappa shape index (κ3) is 7.82. The topological polar surface area (TPSA) is 66.4 Å². The number of ether oxygens (including phenoxy) is 2. The molecule has 1 aliphatic heterocycles. The van der Waals surface area contributed by atoms with Gasteiger partial charge in [0.15, 0.2) is 5.96 Å². The fourth-order valence-corrected chi connectivity index (χ4v) is 2.79. The summed E-state index contributed by atoms with van der Waals surface area (Å²) in [7, 11) is 1.65. The molecule has 1 fully saturated rings. The molecule has 1 saturated heterocycles. The van der Waals surface area contributed by atoms with Crippen LogP contribution in [0.25, 0.3) is 0 Å². The SMILES string of the molecule is CCNC(=NCCCOc1cccc(OC)c1)N1CCN(C(C)=O)CC1.I. The second-order valence-corrected chi connectivity index (χ2v) is 6.11. The maximum Gasteiger partial charge on any atom is 0.219 e. The highest BCUT2D eigenvalue weighted by molar-refractivity contribution is 14.0. The highest BCUT2D eigenvalue weighted by atomic mass is 127. The Labute approximate surface area is 179 Å². The highest BCUT2D eigenvalue weighted by Gasteiger charge is 2.20. The zero-order valence-electron chi connectivity index (χ0n) is 16.4. The van der Waals surface area contributed by atoms with Gasteiger partial charge in [0.1, 0.15) is 11.5 Å². The molecule has 0 saturated carbocycles. The molecule has 0 aliphatic carbocycles. The van der Waals surface area contributed by atoms with Crippen LogP contribution in [-0.4, -0.2) is 74.7 Å². The Balaban J connectivity index is 0.00000364. The maximum atomic E-state index is 11.4. The lowest BCUT2D eigenvalue weighted by Crippen LogP contribution is -2.53. The van der Waals surface area contributed by atoms with Crippen LogP contribution in [0.2, 0.25) is 0 Å². The molecule has 0 radical (unpaired) electrons. The van der Waals surface area contributed by atoms with Crippen molar-refractivity contribution in [3.8, 4) is 11.5 Å². The van der Waals surface area contributed by atoms with E-state index in [4.69, 9.17) is 14.5 Å². The number of methoxy groups -OCH3 is 1. The van der Waals surface area contributed by atoms with E-state index >= 15 is 0 Å². The third-order valence-corrected chi connectivity index (χ3v) is 4.23. The lowest BCUT2D eigenvalue weighted by atomic mass is 10.3. The number of guanidine groups is 1. The van der Waals surface area contributed by atoms with Crippen LogP contribution in [0, 0.1) is 0 Å². The molecule has 1 N–H and O–H groups in total. The van der Waals surface area contributed by atoms with Crippen LogP contribution in [0.15, 0.2) is 29.3 Å². The van der Waals surface area contributed by atoms with Crippen LogP contribution < -0.4 is 14.8 Å². The minimum Gasteiger partial charge on any atom is -0.497 e. The van der Waals surface area contributed by atoms with Gasteiger partial charge in [0.2, 0.25) is 5.91 Å². The number of hydrogen-bond donors (Lipinski definition) is 1. The van der Waals surface area contributed by atoms with E-state index in [9.17, 15) is 4.79 Å². The number of carbonyl (C=O) groups is 1. The van der Waals surface area contributed by atoms with Crippen molar-refractivity contribution >= 4 is 35.8 Å². The molecule has 1 aromatic carbocycles. The van der Waals surface area contributed by atoms with Crippen molar-refractivity contribution in [2.24, 2.45) is 4.99 Å². The molecule has 1 amide bonds. The summed E-state index contributed by atoms with van der Waals surface area (Å²) in [5.74, 6) is 2.65. The van der Waals surface area contributed by atoms with E-state index in [1.54, 1.807) is 14.0 Å². The molecule has 27 heavy (non-hydrogen) atoms. The average molecular weight is 490 g/mol. The van der Waals surface area contributed by atoms with E-state index in [0.29, 0.717) is 13.2 Å². The quantitative estimate of drug-likeness (QED) is 0.275. The zero-order valence-corrected chi connectivity index (χ0v) is 18.8. The number of rotatable bonds is 7. The Kier molecular flexibility index (Phi) is 10.9. The molecule has 1 aromatic rings. The number of benzene rings is 1. The molecule has 8 heteroatoms. The standard InChI is InChI=1S/C19H30N4O3.HI/c1-4-20-19(23-12-10-22(11-13-23)16(2)24)21-9-6-14-26-18-8-5-7-17(15-18)25-3;/h5,7-8,15H,4,6,9-14H2,1-3H3,(H,20,21);1H. The molecule has 0 atom stereocenters. The summed E-state index contributed by atoms with van der Waals surface area (Å²) >= 11 is 0. The van der Waals surface area contributed by atoms with Gasteiger partial charge >= 0.3 is 0 Å². The van der Waals surface area contributed by atoms with Crippen LogP contribution in [0.5, 0.6) is 11.5 Å². The fraction of sp³-hybridized carbons (Fsp3) is 0.579. The summed E-state index contributed by atoms with van der Waals surface area (Å²) in [4.78, 5) is 20.2. The number of amides is 1. The predicted molar refractivity (Wildman–Crippen MR) is 118 cm³/mol. The Bertz CT molecular complexity index is 604. The minimum absolute atomic E-state index is 0. The Morgan fingerprint density at radius 1 is 1.19 bits per heavy atom. The van der Waals surface area contributed by atoms with Crippen LogP contribution in [0.3, 0.4) is 0 Å². The Morgan fingerprint density at radius 2 is 1.85 bits per heavy atom. The normalized spacial score (nSPS) is 14.4. The van der Waals surface area contributed by atoms with Crippen LogP contribution in [0.1, 0.15) is 20.3 Å². The molecular formula is C19H31IN4O3. The Morgan fingerprint density at radius 3 is 2.48 bits per heavy atom. The number of halogens is 1. The van der Waals surface area contributed by atoms with Crippen molar-refractivity contribution in [2.75, 3.05) is 53.0 Å². The summed E-state index contributed by atoms with van der Waals surface area (Å²) in [6, 6.07) is 7.61. The molecular weight excluding hydrogens is 459 g/mol. The van der Waals surface area contributed by atoms with Crippen molar-refractivity contribution in [1.82, 2.24) is 15.1 Å². The largest absolute Gasteiger partial charge is 0.497 e. The van der Waals surface area contributed by atoms with Crippen molar-refractivity contribution in [1.29, 1.82) is 0 Å². The lowest BCUT2D eigenvalue weighted by molar-refractivity contribution is -0.130. The number of piperazine rings is 1. The van der Waals surface area contributed by atoms with Crippen molar-refractivity contribution in [3.63, 3.8) is 0 Å². The molecule has 0 unspecified atom stereocenters.